The van der Waals surface area contributed by atoms with Crippen molar-refractivity contribution in [1.82, 2.24) is 0 Å². The molecule has 0 spiro atoms. The molecule has 0 heterocycles. The van der Waals surface area contributed by atoms with E-state index in [4.69, 9.17) is 14.2 Å². The van der Waals surface area contributed by atoms with E-state index < -0.39 is 6.03 Å². The molecule has 0 fully saturated rings. The number of nitrogens with one attached hydrogen (secondary N) is 1. The van der Waals surface area contributed by atoms with Crippen molar-refractivity contribution in [2.75, 3.05) is 25.1 Å². The first kappa shape index (κ1) is 22.3. The molecule has 2 aromatic rings. The monoisotopic (exact) mass is 416 g/mol. The third kappa shape index (κ3) is 7.87. The standard InChI is InChI=1S/C21H24N2O5S/c1-2-26-20(24)16-10-12-17(13-11-16)27-14-6-3-7-15-28-19-9-5-4-8-18(19)22-21(25)23-29/h4-5,8-13H,2-3,6-7,14-15H2,1H3,(H,22,25). The second kappa shape index (κ2) is 12.5. The Hall–Kier alpha value is -3.00. The van der Waals surface area contributed by atoms with Gasteiger partial charge < -0.3 is 19.5 Å². The molecule has 2 rings (SSSR count). The lowest BCUT2D eigenvalue weighted by molar-refractivity contribution is 0.0526. The Morgan fingerprint density at radius 1 is 0.966 bits per heavy atom. The van der Waals surface area contributed by atoms with Crippen molar-refractivity contribution < 1.29 is 23.8 Å². The second-order valence-corrected chi connectivity index (χ2v) is 6.20. The molecule has 0 atom stereocenters. The Morgan fingerprint density at radius 2 is 1.66 bits per heavy atom. The number of ether oxygens (including phenoxy) is 3. The number of anilines is 1. The van der Waals surface area contributed by atoms with Crippen LogP contribution in [0.4, 0.5) is 10.5 Å². The van der Waals surface area contributed by atoms with Crippen molar-refractivity contribution in [3.63, 3.8) is 0 Å². The largest absolute Gasteiger partial charge is 0.494 e. The molecule has 0 unspecified atom stereocenters. The topological polar surface area (TPSA) is 86.2 Å². The molecule has 0 bridgehead atoms. The molecule has 8 heteroatoms. The normalized spacial score (nSPS) is 10.1. The molecule has 0 saturated carbocycles. The van der Waals surface area contributed by atoms with Crippen molar-refractivity contribution >= 4 is 30.1 Å². The molecule has 7 nitrogen and oxygen atoms in total. The highest BCUT2D eigenvalue weighted by molar-refractivity contribution is 7.47. The molecule has 0 aliphatic rings. The van der Waals surface area contributed by atoms with Crippen LogP contribution in [0.3, 0.4) is 0 Å². The number of hydrogen-bond donors (Lipinski definition) is 1. The average molecular weight is 416 g/mol. The minimum atomic E-state index is -0.594. The summed E-state index contributed by atoms with van der Waals surface area (Å²) in [7, 11) is 0. The summed E-state index contributed by atoms with van der Waals surface area (Å²) in [6.45, 7) is 3.22. The minimum absolute atomic E-state index is 0.335. The second-order valence-electron chi connectivity index (χ2n) is 6.02. The highest BCUT2D eigenvalue weighted by atomic mass is 32.1. The molecule has 0 aliphatic heterocycles. The van der Waals surface area contributed by atoms with E-state index in [1.165, 1.54) is 0 Å². The molecule has 1 N–H and O–H groups in total. The van der Waals surface area contributed by atoms with E-state index in [1.54, 1.807) is 49.4 Å². The highest BCUT2D eigenvalue weighted by Crippen LogP contribution is 2.24. The van der Waals surface area contributed by atoms with E-state index in [9.17, 15) is 9.59 Å². The third-order valence-electron chi connectivity index (χ3n) is 3.89. The van der Waals surface area contributed by atoms with Crippen LogP contribution in [0.25, 0.3) is 0 Å². The lowest BCUT2D eigenvalue weighted by Crippen LogP contribution is -2.08. The fraction of sp³-hybridized carbons (Fsp3) is 0.333. The summed E-state index contributed by atoms with van der Waals surface area (Å²) < 4.78 is 19.5. The van der Waals surface area contributed by atoms with Crippen LogP contribution in [0.1, 0.15) is 36.5 Å². The summed E-state index contributed by atoms with van der Waals surface area (Å²) in [6, 6.07) is 13.4. The van der Waals surface area contributed by atoms with Crippen LogP contribution in [-0.4, -0.2) is 31.8 Å². The van der Waals surface area contributed by atoms with Gasteiger partial charge in [-0.15, -0.1) is 4.36 Å². The van der Waals surface area contributed by atoms with Gasteiger partial charge in [0.2, 0.25) is 0 Å². The van der Waals surface area contributed by atoms with Crippen LogP contribution in [-0.2, 0) is 17.2 Å². The number of benzene rings is 2. The summed E-state index contributed by atoms with van der Waals surface area (Å²) in [4.78, 5) is 22.9. The molecule has 0 radical (unpaired) electrons. The van der Waals surface area contributed by atoms with Crippen molar-refractivity contribution in [1.29, 1.82) is 0 Å². The molecule has 0 saturated heterocycles. The Morgan fingerprint density at radius 3 is 2.34 bits per heavy atom. The van der Waals surface area contributed by atoms with Gasteiger partial charge in [-0.1, -0.05) is 12.1 Å². The van der Waals surface area contributed by atoms with Crippen molar-refractivity contribution in [3.8, 4) is 11.5 Å². The Kier molecular flexibility index (Phi) is 9.57. The first-order valence-electron chi connectivity index (χ1n) is 9.40. The maximum Gasteiger partial charge on any atom is 0.356 e. The number of esters is 1. The maximum absolute atomic E-state index is 11.6. The fourth-order valence-corrected chi connectivity index (χ4v) is 2.53. The highest BCUT2D eigenvalue weighted by Gasteiger charge is 2.07. The van der Waals surface area contributed by atoms with E-state index >= 15 is 0 Å². The van der Waals surface area contributed by atoms with E-state index in [1.807, 2.05) is 6.07 Å². The quantitative estimate of drug-likeness (QED) is 0.420. The van der Waals surface area contributed by atoms with Crippen molar-refractivity contribution in [3.05, 3.63) is 54.1 Å². The minimum Gasteiger partial charge on any atom is -0.494 e. The zero-order chi connectivity index (χ0) is 20.9. The van der Waals surface area contributed by atoms with Gasteiger partial charge in [-0.3, -0.25) is 0 Å². The van der Waals surface area contributed by atoms with Gasteiger partial charge in [0.25, 0.3) is 0 Å². The number of unbranched alkanes of at least 4 members (excludes halogenated alkanes) is 2. The van der Waals surface area contributed by atoms with Crippen LogP contribution in [0, 0.1) is 0 Å². The zero-order valence-corrected chi connectivity index (χ0v) is 17.1. The first-order chi connectivity index (χ1) is 14.1. The SMILES string of the molecule is CCOC(=O)c1ccc(OCCCCCOc2ccccc2NC(=O)N=S)cc1. The van der Waals surface area contributed by atoms with E-state index in [0.717, 1.165) is 19.3 Å². The van der Waals surface area contributed by atoms with E-state index in [0.29, 0.717) is 42.6 Å². The fourth-order valence-electron chi connectivity index (χ4n) is 2.49. The number of rotatable bonds is 11. The lowest BCUT2D eigenvalue weighted by atomic mass is 10.2. The van der Waals surface area contributed by atoms with Crippen LogP contribution in [0.2, 0.25) is 0 Å². The summed E-state index contributed by atoms with van der Waals surface area (Å²) in [5, 5.41) is 2.57. The van der Waals surface area contributed by atoms with Gasteiger partial charge in [0, 0.05) is 12.4 Å². The van der Waals surface area contributed by atoms with Gasteiger partial charge >= 0.3 is 12.0 Å². The Labute approximate surface area is 175 Å². The van der Waals surface area contributed by atoms with Gasteiger partial charge in [-0.2, -0.15) is 0 Å². The van der Waals surface area contributed by atoms with Crippen LogP contribution >= 0.6 is 0 Å². The number of nitrogens with zero attached hydrogens (tertiary/aromatic N) is 1. The van der Waals surface area contributed by atoms with Crippen LogP contribution < -0.4 is 14.8 Å². The molecular formula is C21H24N2O5S. The molecule has 0 aromatic heterocycles. The lowest BCUT2D eigenvalue weighted by Gasteiger charge is -2.11. The summed E-state index contributed by atoms with van der Waals surface area (Å²) >= 11 is 4.37. The third-order valence-corrected chi connectivity index (χ3v) is 4.06. The summed E-state index contributed by atoms with van der Waals surface area (Å²) in [5.74, 6) is 0.960. The van der Waals surface area contributed by atoms with E-state index in [-0.39, 0.29) is 5.97 Å². The molecule has 29 heavy (non-hydrogen) atoms. The van der Waals surface area contributed by atoms with Gasteiger partial charge in [0.15, 0.2) is 0 Å². The number of hydrogen-bond acceptors (Lipinski definition) is 6. The van der Waals surface area contributed by atoms with Gasteiger partial charge in [0.1, 0.15) is 11.5 Å². The van der Waals surface area contributed by atoms with Crippen LogP contribution in [0.15, 0.2) is 52.9 Å². The predicted octanol–water partition coefficient (Wildman–Crippen LogP) is 4.75. The zero-order valence-electron chi connectivity index (χ0n) is 16.3. The Bertz CT molecular complexity index is 811. The Balaban J connectivity index is 1.64. The number of carbonyl (C=O) groups is 2. The summed E-state index contributed by atoms with van der Waals surface area (Å²) in [6.07, 6.45) is 2.64. The van der Waals surface area contributed by atoms with Crippen molar-refractivity contribution in [2.24, 2.45) is 4.36 Å². The van der Waals surface area contributed by atoms with Crippen molar-refractivity contribution in [2.45, 2.75) is 26.2 Å². The molecule has 2 aromatic carbocycles. The molecule has 154 valence electrons. The van der Waals surface area contributed by atoms with Gasteiger partial charge in [-0.25, -0.2) is 9.59 Å². The first-order valence-corrected chi connectivity index (χ1v) is 9.76. The molecule has 2 amide bonds. The number of para-hydroxylation sites is 2. The summed E-state index contributed by atoms with van der Waals surface area (Å²) in [5.41, 5.74) is 1.05. The molecule has 0 aliphatic carbocycles. The van der Waals surface area contributed by atoms with Gasteiger partial charge in [-0.05, 0) is 62.6 Å². The van der Waals surface area contributed by atoms with Gasteiger partial charge in [0.05, 0.1) is 31.1 Å². The predicted molar refractivity (Wildman–Crippen MR) is 112 cm³/mol. The maximum atomic E-state index is 11.6. The average Bonchev–Trinajstić information content (AvgIpc) is 2.74. The number of carbonyl (C=O) groups excluding carboxylic acids is 2. The number of amides is 2. The van der Waals surface area contributed by atoms with E-state index in [2.05, 4.69) is 22.1 Å². The molecular weight excluding hydrogens is 392 g/mol. The van der Waals surface area contributed by atoms with Crippen LogP contribution in [0.5, 0.6) is 11.5 Å². The number of urea groups is 1. The smallest absolute Gasteiger partial charge is 0.356 e.